The third-order valence-electron chi connectivity index (χ3n) is 3.06. The van der Waals surface area contributed by atoms with Gasteiger partial charge >= 0.3 is 12.4 Å². The average Bonchev–Trinajstić information content (AvgIpc) is 2.51. The summed E-state index contributed by atoms with van der Waals surface area (Å²) in [5.41, 5.74) is -5.93. The van der Waals surface area contributed by atoms with Crippen molar-refractivity contribution in [1.29, 1.82) is 5.26 Å². The molecular formula is C14H7F6N3OS. The van der Waals surface area contributed by atoms with Crippen molar-refractivity contribution < 1.29 is 26.3 Å². The van der Waals surface area contributed by atoms with Gasteiger partial charge in [-0.15, -0.1) is 0 Å². The van der Waals surface area contributed by atoms with Crippen molar-refractivity contribution in [3.05, 3.63) is 45.2 Å². The zero-order valence-corrected chi connectivity index (χ0v) is 13.0. The third kappa shape index (κ3) is 3.96. The highest BCUT2D eigenvalue weighted by Crippen LogP contribution is 2.38. The van der Waals surface area contributed by atoms with Gasteiger partial charge in [0.1, 0.15) is 11.6 Å². The van der Waals surface area contributed by atoms with E-state index in [9.17, 15) is 31.1 Å². The Bertz CT molecular complexity index is 878. The number of H-pyrrole nitrogens is 1. The first-order chi connectivity index (χ1) is 11.5. The second kappa shape index (κ2) is 6.44. The Hall–Kier alpha value is -2.48. The number of benzene rings is 1. The molecule has 11 heteroatoms. The highest BCUT2D eigenvalue weighted by molar-refractivity contribution is 7.98. The second-order valence-electron chi connectivity index (χ2n) is 4.71. The van der Waals surface area contributed by atoms with Gasteiger partial charge in [-0.2, -0.15) is 31.6 Å². The molecule has 0 atom stereocenters. The number of halogens is 6. The second-order valence-corrected chi connectivity index (χ2v) is 5.50. The first-order valence-electron chi connectivity index (χ1n) is 6.35. The summed E-state index contributed by atoms with van der Waals surface area (Å²) in [6.45, 7) is 0. The molecule has 0 aliphatic heterocycles. The van der Waals surface area contributed by atoms with Gasteiger partial charge < -0.3 is 4.98 Å². The molecule has 0 amide bonds. The van der Waals surface area contributed by atoms with Gasteiger partial charge in [-0.3, -0.25) is 4.79 Å². The van der Waals surface area contributed by atoms with E-state index in [1.54, 1.807) is 0 Å². The van der Waals surface area contributed by atoms with Gasteiger partial charge in [0, 0.05) is 5.56 Å². The molecule has 0 bridgehead atoms. The van der Waals surface area contributed by atoms with Gasteiger partial charge in [-0.05, 0) is 24.5 Å². The van der Waals surface area contributed by atoms with Crippen LogP contribution in [0.4, 0.5) is 26.3 Å². The van der Waals surface area contributed by atoms with Crippen LogP contribution in [0, 0.1) is 11.3 Å². The predicted octanol–water partition coefficient (Wildman–Crippen LogP) is 4.07. The molecule has 0 saturated heterocycles. The van der Waals surface area contributed by atoms with E-state index in [1.165, 1.54) is 12.3 Å². The maximum atomic E-state index is 12.9. The normalized spacial score (nSPS) is 12.1. The zero-order chi connectivity index (χ0) is 19.0. The minimum absolute atomic E-state index is 0.0435. The van der Waals surface area contributed by atoms with E-state index >= 15 is 0 Å². The van der Waals surface area contributed by atoms with Crippen molar-refractivity contribution in [1.82, 2.24) is 9.97 Å². The minimum atomic E-state index is -5.05. The largest absolute Gasteiger partial charge is 0.416 e. The number of rotatable bonds is 2. The molecule has 1 aromatic heterocycles. The van der Waals surface area contributed by atoms with Crippen molar-refractivity contribution in [2.24, 2.45) is 0 Å². The third-order valence-corrected chi connectivity index (χ3v) is 3.64. The number of aromatic nitrogens is 2. The molecule has 132 valence electrons. The molecule has 0 spiro atoms. The molecule has 0 radical (unpaired) electrons. The molecule has 4 nitrogen and oxygen atoms in total. The molecule has 0 unspecified atom stereocenters. The molecule has 1 N–H and O–H groups in total. The summed E-state index contributed by atoms with van der Waals surface area (Å²) in [5.74, 6) is 0. The summed E-state index contributed by atoms with van der Waals surface area (Å²) in [6, 6.07) is 2.25. The maximum Gasteiger partial charge on any atom is 0.416 e. The predicted molar refractivity (Wildman–Crippen MR) is 76.8 cm³/mol. The Kier molecular flexibility index (Phi) is 4.85. The van der Waals surface area contributed by atoms with E-state index in [0.717, 1.165) is 11.8 Å². The number of hydrogen-bond acceptors (Lipinski definition) is 4. The SMILES string of the molecule is CSc1nc(-c2cc(C(F)(F)F)cc(C(F)(F)F)c2)c(C#N)c(=O)[nH]1. The fraction of sp³-hybridized carbons (Fsp3) is 0.214. The first kappa shape index (κ1) is 18.9. The first-order valence-corrected chi connectivity index (χ1v) is 7.58. The number of nitrogens with one attached hydrogen (secondary N) is 1. The van der Waals surface area contributed by atoms with Crippen LogP contribution in [0.1, 0.15) is 16.7 Å². The van der Waals surface area contributed by atoms with Crippen molar-refractivity contribution >= 4 is 11.8 Å². The van der Waals surface area contributed by atoms with E-state index in [0.29, 0.717) is 12.1 Å². The van der Waals surface area contributed by atoms with E-state index in [-0.39, 0.29) is 11.2 Å². The Labute approximate surface area is 140 Å². The average molecular weight is 379 g/mol. The van der Waals surface area contributed by atoms with Gasteiger partial charge in [0.2, 0.25) is 0 Å². The van der Waals surface area contributed by atoms with Crippen molar-refractivity contribution in [2.75, 3.05) is 6.26 Å². The maximum absolute atomic E-state index is 12.9. The van der Waals surface area contributed by atoms with Crippen LogP contribution >= 0.6 is 11.8 Å². The van der Waals surface area contributed by atoms with Gasteiger partial charge in [0.05, 0.1) is 16.8 Å². The molecule has 2 aromatic rings. The van der Waals surface area contributed by atoms with E-state index in [2.05, 4.69) is 9.97 Å². The smallest absolute Gasteiger partial charge is 0.300 e. The quantitative estimate of drug-likeness (QED) is 0.485. The van der Waals surface area contributed by atoms with Crippen molar-refractivity contribution in [2.45, 2.75) is 17.5 Å². The molecule has 1 aromatic carbocycles. The van der Waals surface area contributed by atoms with Crippen LogP contribution < -0.4 is 5.56 Å². The van der Waals surface area contributed by atoms with Gasteiger partial charge in [0.25, 0.3) is 5.56 Å². The topological polar surface area (TPSA) is 69.5 Å². The number of hydrogen-bond donors (Lipinski definition) is 1. The molecule has 0 aliphatic carbocycles. The van der Waals surface area contributed by atoms with Gasteiger partial charge in [-0.25, -0.2) is 4.98 Å². The lowest BCUT2D eigenvalue weighted by molar-refractivity contribution is -0.143. The Morgan fingerprint density at radius 1 is 1.08 bits per heavy atom. The highest BCUT2D eigenvalue weighted by Gasteiger charge is 2.37. The summed E-state index contributed by atoms with van der Waals surface area (Å²) in [4.78, 5) is 17.8. The van der Waals surface area contributed by atoms with E-state index < -0.39 is 45.9 Å². The fourth-order valence-electron chi connectivity index (χ4n) is 1.95. The Morgan fingerprint density at radius 2 is 1.60 bits per heavy atom. The molecule has 0 fully saturated rings. The van der Waals surface area contributed by atoms with Gasteiger partial charge in [-0.1, -0.05) is 11.8 Å². The summed E-state index contributed by atoms with van der Waals surface area (Å²) in [5, 5.41) is 8.97. The lowest BCUT2D eigenvalue weighted by Crippen LogP contribution is -2.16. The van der Waals surface area contributed by atoms with Crippen molar-refractivity contribution in [3.8, 4) is 17.3 Å². The standard InChI is InChI=1S/C14H7F6N3OS/c1-25-12-22-10(9(5-21)11(24)23-12)6-2-7(13(15,16)17)4-8(3-6)14(18,19)20/h2-4H,1H3,(H,22,23,24). The number of nitrogens with zero attached hydrogens (tertiary/aromatic N) is 2. The molecule has 25 heavy (non-hydrogen) atoms. The zero-order valence-electron chi connectivity index (χ0n) is 12.2. The van der Waals surface area contributed by atoms with E-state index in [1.807, 2.05) is 0 Å². The number of thioether (sulfide) groups is 1. The molecular weight excluding hydrogens is 372 g/mol. The molecule has 0 saturated carbocycles. The van der Waals surface area contributed by atoms with Crippen LogP contribution in [-0.4, -0.2) is 16.2 Å². The highest BCUT2D eigenvalue weighted by atomic mass is 32.2. The molecule has 1 heterocycles. The van der Waals surface area contributed by atoms with Crippen molar-refractivity contribution in [3.63, 3.8) is 0 Å². The Balaban J connectivity index is 2.86. The lowest BCUT2D eigenvalue weighted by atomic mass is 10.0. The minimum Gasteiger partial charge on any atom is -0.300 e. The number of aromatic amines is 1. The van der Waals surface area contributed by atoms with Crippen LogP contribution in [0.5, 0.6) is 0 Å². The summed E-state index contributed by atoms with van der Waals surface area (Å²) in [7, 11) is 0. The Morgan fingerprint density at radius 3 is 2.00 bits per heavy atom. The fourth-order valence-corrected chi connectivity index (χ4v) is 2.33. The number of alkyl halides is 6. The van der Waals surface area contributed by atoms with Crippen LogP contribution in [-0.2, 0) is 12.4 Å². The molecule has 2 rings (SSSR count). The van der Waals surface area contributed by atoms with Crippen LogP contribution in [0.3, 0.4) is 0 Å². The van der Waals surface area contributed by atoms with Crippen LogP contribution in [0.2, 0.25) is 0 Å². The van der Waals surface area contributed by atoms with E-state index in [4.69, 9.17) is 5.26 Å². The molecule has 0 aliphatic rings. The summed E-state index contributed by atoms with van der Waals surface area (Å²) in [6.07, 6.45) is -8.61. The van der Waals surface area contributed by atoms with Crippen LogP contribution in [0.15, 0.2) is 28.2 Å². The monoisotopic (exact) mass is 379 g/mol. The lowest BCUT2D eigenvalue weighted by Gasteiger charge is -2.14. The number of nitriles is 1. The summed E-state index contributed by atoms with van der Waals surface area (Å²) < 4.78 is 77.6. The summed E-state index contributed by atoms with van der Waals surface area (Å²) >= 11 is 0.910. The van der Waals surface area contributed by atoms with Gasteiger partial charge in [0.15, 0.2) is 5.16 Å². The van der Waals surface area contributed by atoms with Crippen LogP contribution in [0.25, 0.3) is 11.3 Å².